The van der Waals surface area contributed by atoms with Crippen LogP contribution in [-0.4, -0.2) is 36.5 Å². The Morgan fingerprint density at radius 1 is 1.19 bits per heavy atom. The summed E-state index contributed by atoms with van der Waals surface area (Å²) in [6, 6.07) is 15.1. The molecule has 1 aliphatic heterocycles. The second kappa shape index (κ2) is 8.15. The van der Waals surface area contributed by atoms with E-state index in [0.29, 0.717) is 11.3 Å². The van der Waals surface area contributed by atoms with Gasteiger partial charge in [0.25, 0.3) is 0 Å². The summed E-state index contributed by atoms with van der Waals surface area (Å²) < 4.78 is 4.79. The third-order valence-electron chi connectivity index (χ3n) is 4.72. The molecule has 1 aliphatic rings. The zero-order valence-electron chi connectivity index (χ0n) is 15.2. The number of aryl methyl sites for hydroxylation is 1. The molecule has 0 bridgehead atoms. The van der Waals surface area contributed by atoms with E-state index in [1.54, 1.807) is 24.3 Å². The number of amides is 1. The van der Waals surface area contributed by atoms with Crippen molar-refractivity contribution in [2.75, 3.05) is 19.0 Å². The van der Waals surface area contributed by atoms with E-state index in [9.17, 15) is 9.59 Å². The lowest BCUT2D eigenvalue weighted by Crippen LogP contribution is -2.39. The van der Waals surface area contributed by atoms with Gasteiger partial charge in [0, 0.05) is 6.54 Å². The van der Waals surface area contributed by atoms with Crippen molar-refractivity contribution in [2.24, 2.45) is 0 Å². The number of carbonyl (C=O) groups is 2. The third-order valence-corrected chi connectivity index (χ3v) is 4.72. The lowest BCUT2D eigenvalue weighted by atomic mass is 10.1. The lowest BCUT2D eigenvalue weighted by Gasteiger charge is -2.24. The zero-order chi connectivity index (χ0) is 18.5. The van der Waals surface area contributed by atoms with Crippen LogP contribution in [0, 0.1) is 6.92 Å². The normalized spacial score (nSPS) is 17.1. The summed E-state index contributed by atoms with van der Waals surface area (Å²) in [5, 5.41) is 2.91. The highest BCUT2D eigenvalue weighted by Crippen LogP contribution is 2.23. The number of esters is 1. The SMILES string of the molecule is COC(=O)c1ccccc1NC(=O)C1CCCN1Cc1cccc(C)c1. The Morgan fingerprint density at radius 2 is 2.00 bits per heavy atom. The monoisotopic (exact) mass is 352 g/mol. The number of anilines is 1. The quantitative estimate of drug-likeness (QED) is 0.838. The fourth-order valence-corrected chi connectivity index (χ4v) is 3.45. The summed E-state index contributed by atoms with van der Waals surface area (Å²) in [7, 11) is 1.33. The van der Waals surface area contributed by atoms with E-state index in [0.717, 1.165) is 25.9 Å². The van der Waals surface area contributed by atoms with Gasteiger partial charge in [-0.1, -0.05) is 42.0 Å². The molecule has 26 heavy (non-hydrogen) atoms. The van der Waals surface area contributed by atoms with Gasteiger partial charge < -0.3 is 10.1 Å². The minimum atomic E-state index is -0.455. The van der Waals surface area contributed by atoms with Gasteiger partial charge in [0.1, 0.15) is 0 Å². The maximum absolute atomic E-state index is 12.8. The van der Waals surface area contributed by atoms with E-state index in [1.165, 1.54) is 18.2 Å². The molecular weight excluding hydrogens is 328 g/mol. The van der Waals surface area contributed by atoms with Gasteiger partial charge in [0.05, 0.1) is 24.4 Å². The van der Waals surface area contributed by atoms with E-state index >= 15 is 0 Å². The van der Waals surface area contributed by atoms with Crippen LogP contribution in [-0.2, 0) is 16.1 Å². The summed E-state index contributed by atoms with van der Waals surface area (Å²) in [5.74, 6) is -0.532. The number of benzene rings is 2. The second-order valence-corrected chi connectivity index (χ2v) is 6.64. The molecule has 2 aromatic carbocycles. The number of nitrogens with zero attached hydrogens (tertiary/aromatic N) is 1. The van der Waals surface area contributed by atoms with Crippen molar-refractivity contribution in [1.82, 2.24) is 4.90 Å². The van der Waals surface area contributed by atoms with Gasteiger partial charge in [-0.3, -0.25) is 9.69 Å². The maximum atomic E-state index is 12.8. The largest absolute Gasteiger partial charge is 0.465 e. The van der Waals surface area contributed by atoms with Crippen LogP contribution in [0.3, 0.4) is 0 Å². The Balaban J connectivity index is 1.72. The van der Waals surface area contributed by atoms with Gasteiger partial charge in [-0.15, -0.1) is 0 Å². The van der Waals surface area contributed by atoms with Gasteiger partial charge in [0.15, 0.2) is 0 Å². The summed E-state index contributed by atoms with van der Waals surface area (Å²) >= 11 is 0. The Bertz CT molecular complexity index is 803. The molecule has 5 nitrogen and oxygen atoms in total. The van der Waals surface area contributed by atoms with Crippen LogP contribution in [0.5, 0.6) is 0 Å². The fraction of sp³-hybridized carbons (Fsp3) is 0.333. The molecule has 1 amide bonds. The summed E-state index contributed by atoms with van der Waals surface area (Å²) in [5.41, 5.74) is 3.28. The van der Waals surface area contributed by atoms with Crippen LogP contribution >= 0.6 is 0 Å². The predicted molar refractivity (Wildman–Crippen MR) is 101 cm³/mol. The average molecular weight is 352 g/mol. The number of para-hydroxylation sites is 1. The molecule has 1 saturated heterocycles. The van der Waals surface area contributed by atoms with E-state index in [-0.39, 0.29) is 11.9 Å². The summed E-state index contributed by atoms with van der Waals surface area (Å²) in [6.07, 6.45) is 1.81. The van der Waals surface area contributed by atoms with E-state index < -0.39 is 5.97 Å². The number of likely N-dealkylation sites (tertiary alicyclic amines) is 1. The minimum Gasteiger partial charge on any atom is -0.465 e. The molecule has 1 N–H and O–H groups in total. The molecule has 1 atom stereocenters. The average Bonchev–Trinajstić information content (AvgIpc) is 3.10. The molecule has 0 aromatic heterocycles. The van der Waals surface area contributed by atoms with Crippen LogP contribution < -0.4 is 5.32 Å². The number of rotatable bonds is 5. The number of ether oxygens (including phenoxy) is 1. The first-order valence-electron chi connectivity index (χ1n) is 8.86. The van der Waals surface area contributed by atoms with Crippen molar-refractivity contribution >= 4 is 17.6 Å². The van der Waals surface area contributed by atoms with Gasteiger partial charge in [-0.05, 0) is 44.0 Å². The first-order chi connectivity index (χ1) is 12.6. The minimum absolute atomic E-state index is 0.0773. The number of carbonyl (C=O) groups excluding carboxylic acids is 2. The highest BCUT2D eigenvalue weighted by atomic mass is 16.5. The fourth-order valence-electron chi connectivity index (χ4n) is 3.45. The summed E-state index contributed by atoms with van der Waals surface area (Å²) in [6.45, 7) is 3.71. The van der Waals surface area contributed by atoms with Gasteiger partial charge >= 0.3 is 5.97 Å². The molecule has 0 spiro atoms. The van der Waals surface area contributed by atoms with Crippen LogP contribution in [0.1, 0.15) is 34.3 Å². The van der Waals surface area contributed by atoms with Crippen molar-refractivity contribution in [3.63, 3.8) is 0 Å². The predicted octanol–water partition coefficient (Wildman–Crippen LogP) is 3.38. The molecular formula is C21H24N2O3. The molecule has 0 saturated carbocycles. The van der Waals surface area contributed by atoms with Crippen molar-refractivity contribution in [2.45, 2.75) is 32.4 Å². The van der Waals surface area contributed by atoms with Crippen LogP contribution in [0.2, 0.25) is 0 Å². The lowest BCUT2D eigenvalue weighted by molar-refractivity contribution is -0.120. The van der Waals surface area contributed by atoms with Crippen molar-refractivity contribution in [3.05, 3.63) is 65.2 Å². The molecule has 0 radical (unpaired) electrons. The number of hydrogen-bond acceptors (Lipinski definition) is 4. The standard InChI is InChI=1S/C21H24N2O3/c1-15-7-5-8-16(13-15)14-23-12-6-11-19(23)20(24)22-18-10-4-3-9-17(18)21(25)26-2/h3-5,7-10,13,19H,6,11-12,14H2,1-2H3,(H,22,24). The van der Waals surface area contributed by atoms with Crippen LogP contribution in [0.25, 0.3) is 0 Å². The van der Waals surface area contributed by atoms with Gasteiger partial charge in [-0.2, -0.15) is 0 Å². The summed E-state index contributed by atoms with van der Waals surface area (Å²) in [4.78, 5) is 26.9. The molecule has 1 fully saturated rings. The van der Waals surface area contributed by atoms with Crippen molar-refractivity contribution < 1.29 is 14.3 Å². The highest BCUT2D eigenvalue weighted by Gasteiger charge is 2.31. The number of methoxy groups -OCH3 is 1. The Morgan fingerprint density at radius 3 is 2.77 bits per heavy atom. The maximum Gasteiger partial charge on any atom is 0.339 e. The number of hydrogen-bond donors (Lipinski definition) is 1. The molecule has 3 rings (SSSR count). The van der Waals surface area contributed by atoms with Crippen LogP contribution in [0.4, 0.5) is 5.69 Å². The molecule has 1 unspecified atom stereocenters. The highest BCUT2D eigenvalue weighted by molar-refractivity contribution is 6.02. The Labute approximate surface area is 154 Å². The topological polar surface area (TPSA) is 58.6 Å². The van der Waals surface area contributed by atoms with Crippen molar-refractivity contribution in [1.29, 1.82) is 0 Å². The third kappa shape index (κ3) is 4.11. The van der Waals surface area contributed by atoms with Crippen LogP contribution in [0.15, 0.2) is 48.5 Å². The Kier molecular flexibility index (Phi) is 5.68. The van der Waals surface area contributed by atoms with Gasteiger partial charge in [0.2, 0.25) is 5.91 Å². The Hall–Kier alpha value is -2.66. The van der Waals surface area contributed by atoms with Crippen molar-refractivity contribution in [3.8, 4) is 0 Å². The number of nitrogens with one attached hydrogen (secondary N) is 1. The molecule has 2 aromatic rings. The second-order valence-electron chi connectivity index (χ2n) is 6.64. The molecule has 5 heteroatoms. The molecule has 1 heterocycles. The first kappa shape index (κ1) is 18.1. The first-order valence-corrected chi connectivity index (χ1v) is 8.86. The smallest absolute Gasteiger partial charge is 0.339 e. The van der Waals surface area contributed by atoms with E-state index in [2.05, 4.69) is 35.3 Å². The van der Waals surface area contributed by atoms with E-state index in [4.69, 9.17) is 4.74 Å². The van der Waals surface area contributed by atoms with Gasteiger partial charge in [-0.25, -0.2) is 4.79 Å². The molecule has 0 aliphatic carbocycles. The molecule has 136 valence electrons. The zero-order valence-corrected chi connectivity index (χ0v) is 15.2. The van der Waals surface area contributed by atoms with E-state index in [1.807, 2.05) is 6.07 Å².